The minimum Gasteiger partial charge on any atom is -0.372 e. The number of amides is 1. The number of carbonyl (C=O) groups excluding carboxylic acids is 1. The molecular formula is C20H26N4O2. The van der Waals surface area contributed by atoms with Crippen LogP contribution in [0.25, 0.3) is 0 Å². The van der Waals surface area contributed by atoms with Crippen LogP contribution in [0.2, 0.25) is 0 Å². The highest BCUT2D eigenvalue weighted by Crippen LogP contribution is 2.31. The van der Waals surface area contributed by atoms with Crippen molar-refractivity contribution < 1.29 is 9.32 Å². The second-order valence-corrected chi connectivity index (χ2v) is 7.28. The third-order valence-electron chi connectivity index (χ3n) is 5.32. The van der Waals surface area contributed by atoms with Crippen LogP contribution in [0.4, 0.5) is 11.4 Å². The van der Waals surface area contributed by atoms with E-state index in [1.165, 1.54) is 18.5 Å². The van der Waals surface area contributed by atoms with E-state index in [-0.39, 0.29) is 11.9 Å². The summed E-state index contributed by atoms with van der Waals surface area (Å²) in [4.78, 5) is 17.1. The van der Waals surface area contributed by atoms with Crippen molar-refractivity contribution in [2.45, 2.75) is 38.6 Å². The summed E-state index contributed by atoms with van der Waals surface area (Å²) >= 11 is 0. The van der Waals surface area contributed by atoms with Crippen molar-refractivity contribution in [1.29, 1.82) is 0 Å². The zero-order valence-corrected chi connectivity index (χ0v) is 15.3. The number of benzene rings is 1. The molecule has 6 nitrogen and oxygen atoms in total. The number of aryl methyl sites for hydroxylation is 1. The topological polar surface area (TPSA) is 61.6 Å². The SMILES string of the molecule is Cc1cc(C2CCCN2CC(=O)Nc2ccc(N3CCCC3)cc2)no1. The number of hydrogen-bond donors (Lipinski definition) is 1. The first-order valence-electron chi connectivity index (χ1n) is 9.51. The summed E-state index contributed by atoms with van der Waals surface area (Å²) < 4.78 is 5.20. The summed E-state index contributed by atoms with van der Waals surface area (Å²) in [6.07, 6.45) is 4.62. The molecule has 1 unspecified atom stereocenters. The van der Waals surface area contributed by atoms with Crippen molar-refractivity contribution in [1.82, 2.24) is 10.1 Å². The maximum atomic E-state index is 12.5. The maximum Gasteiger partial charge on any atom is 0.238 e. The molecule has 0 spiro atoms. The first-order valence-corrected chi connectivity index (χ1v) is 9.51. The summed E-state index contributed by atoms with van der Waals surface area (Å²) in [7, 11) is 0. The third-order valence-corrected chi connectivity index (χ3v) is 5.32. The van der Waals surface area contributed by atoms with Crippen molar-refractivity contribution >= 4 is 17.3 Å². The number of hydrogen-bond acceptors (Lipinski definition) is 5. The second kappa shape index (κ2) is 7.50. The number of nitrogens with zero attached hydrogens (tertiary/aromatic N) is 3. The van der Waals surface area contributed by atoms with Crippen LogP contribution >= 0.6 is 0 Å². The molecule has 0 radical (unpaired) electrons. The van der Waals surface area contributed by atoms with Gasteiger partial charge in [-0.15, -0.1) is 0 Å². The van der Waals surface area contributed by atoms with Gasteiger partial charge in [0.2, 0.25) is 5.91 Å². The van der Waals surface area contributed by atoms with E-state index >= 15 is 0 Å². The Balaban J connectivity index is 1.34. The Kier molecular flexibility index (Phi) is 4.93. The molecule has 26 heavy (non-hydrogen) atoms. The molecule has 0 aliphatic carbocycles. The first-order chi connectivity index (χ1) is 12.7. The number of nitrogens with one attached hydrogen (secondary N) is 1. The monoisotopic (exact) mass is 354 g/mol. The van der Waals surface area contributed by atoms with Crippen LogP contribution in [0.1, 0.15) is 43.2 Å². The van der Waals surface area contributed by atoms with Crippen LogP contribution in [0.3, 0.4) is 0 Å². The van der Waals surface area contributed by atoms with Gasteiger partial charge in [-0.2, -0.15) is 0 Å². The Morgan fingerprint density at radius 3 is 2.65 bits per heavy atom. The average molecular weight is 354 g/mol. The lowest BCUT2D eigenvalue weighted by molar-refractivity contribution is -0.117. The van der Waals surface area contributed by atoms with Gasteiger partial charge >= 0.3 is 0 Å². The standard InChI is InChI=1S/C20H26N4O2/c1-15-13-18(22-26-15)19-5-4-12-24(19)14-20(25)21-16-6-8-17(9-7-16)23-10-2-3-11-23/h6-9,13,19H,2-5,10-12,14H2,1H3,(H,21,25). The van der Waals surface area contributed by atoms with Gasteiger partial charge in [-0.1, -0.05) is 5.16 Å². The highest BCUT2D eigenvalue weighted by molar-refractivity contribution is 5.92. The fourth-order valence-electron chi connectivity index (χ4n) is 4.01. The van der Waals surface area contributed by atoms with E-state index in [4.69, 9.17) is 4.52 Å². The minimum absolute atomic E-state index is 0.0195. The lowest BCUT2D eigenvalue weighted by atomic mass is 10.1. The third kappa shape index (κ3) is 3.75. The molecule has 1 amide bonds. The zero-order valence-electron chi connectivity index (χ0n) is 15.3. The Morgan fingerprint density at radius 2 is 1.96 bits per heavy atom. The number of likely N-dealkylation sites (tertiary alicyclic amines) is 1. The molecule has 6 heteroatoms. The molecule has 2 saturated heterocycles. The Labute approximate surface area is 154 Å². The predicted octanol–water partition coefficient (Wildman–Crippen LogP) is 3.36. The van der Waals surface area contributed by atoms with Crippen molar-refractivity contribution in [2.75, 3.05) is 36.4 Å². The highest BCUT2D eigenvalue weighted by atomic mass is 16.5. The summed E-state index contributed by atoms with van der Waals surface area (Å²) in [5.74, 6) is 0.834. The zero-order chi connectivity index (χ0) is 17.9. The molecule has 1 aromatic heterocycles. The van der Waals surface area contributed by atoms with E-state index in [2.05, 4.69) is 32.4 Å². The molecule has 1 aromatic carbocycles. The molecule has 3 heterocycles. The summed E-state index contributed by atoms with van der Waals surface area (Å²) in [6, 6.07) is 10.3. The van der Waals surface area contributed by atoms with Gasteiger partial charge in [-0.25, -0.2) is 0 Å². The molecule has 138 valence electrons. The Morgan fingerprint density at radius 1 is 1.19 bits per heavy atom. The lowest BCUT2D eigenvalue weighted by Gasteiger charge is -2.22. The Hall–Kier alpha value is -2.34. The molecular weight excluding hydrogens is 328 g/mol. The smallest absolute Gasteiger partial charge is 0.238 e. The number of anilines is 2. The van der Waals surface area contributed by atoms with E-state index in [9.17, 15) is 4.79 Å². The molecule has 0 bridgehead atoms. The van der Waals surface area contributed by atoms with Crippen LogP contribution in [-0.2, 0) is 4.79 Å². The first kappa shape index (κ1) is 17.1. The van der Waals surface area contributed by atoms with Crippen molar-refractivity contribution in [3.63, 3.8) is 0 Å². The molecule has 2 fully saturated rings. The summed E-state index contributed by atoms with van der Waals surface area (Å²) in [5.41, 5.74) is 3.02. The van der Waals surface area contributed by atoms with Gasteiger partial charge in [0.25, 0.3) is 0 Å². The summed E-state index contributed by atoms with van der Waals surface area (Å²) in [5, 5.41) is 7.15. The van der Waals surface area contributed by atoms with E-state index in [1.807, 2.05) is 25.1 Å². The van der Waals surface area contributed by atoms with Gasteiger partial charge in [0.05, 0.1) is 12.6 Å². The average Bonchev–Trinajstić information content (AvgIpc) is 3.37. The van der Waals surface area contributed by atoms with Crippen LogP contribution < -0.4 is 10.2 Å². The highest BCUT2D eigenvalue weighted by Gasteiger charge is 2.29. The summed E-state index contributed by atoms with van der Waals surface area (Å²) in [6.45, 7) is 5.45. The molecule has 2 aromatic rings. The van der Waals surface area contributed by atoms with Crippen molar-refractivity contribution in [3.05, 3.63) is 41.8 Å². The fourth-order valence-corrected chi connectivity index (χ4v) is 4.01. The fraction of sp³-hybridized carbons (Fsp3) is 0.500. The largest absolute Gasteiger partial charge is 0.372 e. The number of carbonyl (C=O) groups is 1. The van der Waals surface area contributed by atoms with Crippen LogP contribution in [0.5, 0.6) is 0 Å². The molecule has 1 N–H and O–H groups in total. The van der Waals surface area contributed by atoms with Crippen LogP contribution in [0, 0.1) is 6.92 Å². The number of rotatable bonds is 5. The van der Waals surface area contributed by atoms with E-state index in [0.717, 1.165) is 49.6 Å². The molecule has 2 aliphatic rings. The van der Waals surface area contributed by atoms with Gasteiger partial charge in [-0.3, -0.25) is 9.69 Å². The molecule has 2 aliphatic heterocycles. The lowest BCUT2D eigenvalue weighted by Crippen LogP contribution is -2.33. The van der Waals surface area contributed by atoms with E-state index in [0.29, 0.717) is 6.54 Å². The van der Waals surface area contributed by atoms with E-state index in [1.54, 1.807) is 0 Å². The molecule has 0 saturated carbocycles. The van der Waals surface area contributed by atoms with Gasteiger partial charge in [0.1, 0.15) is 11.5 Å². The van der Waals surface area contributed by atoms with Gasteiger partial charge in [-0.05, 0) is 63.4 Å². The van der Waals surface area contributed by atoms with E-state index < -0.39 is 0 Å². The normalized spacial score (nSPS) is 20.7. The molecule has 1 atom stereocenters. The van der Waals surface area contributed by atoms with Gasteiger partial charge in [0, 0.05) is 30.5 Å². The second-order valence-electron chi connectivity index (χ2n) is 7.28. The Bertz CT molecular complexity index is 749. The van der Waals surface area contributed by atoms with Crippen molar-refractivity contribution in [2.24, 2.45) is 0 Å². The molecule has 4 rings (SSSR count). The van der Waals surface area contributed by atoms with Crippen molar-refractivity contribution in [3.8, 4) is 0 Å². The maximum absolute atomic E-state index is 12.5. The van der Waals surface area contributed by atoms with Gasteiger partial charge in [0.15, 0.2) is 0 Å². The predicted molar refractivity (Wildman–Crippen MR) is 101 cm³/mol. The quantitative estimate of drug-likeness (QED) is 0.892. The number of aromatic nitrogens is 1. The minimum atomic E-state index is 0.0195. The van der Waals surface area contributed by atoms with Crippen LogP contribution in [-0.4, -0.2) is 42.1 Å². The van der Waals surface area contributed by atoms with Gasteiger partial charge < -0.3 is 14.7 Å². The van der Waals surface area contributed by atoms with Crippen LogP contribution in [0.15, 0.2) is 34.9 Å².